The van der Waals surface area contributed by atoms with E-state index in [2.05, 4.69) is 20.4 Å². The third kappa shape index (κ3) is 2.51. The highest BCUT2D eigenvalue weighted by Gasteiger charge is 2.16. The summed E-state index contributed by atoms with van der Waals surface area (Å²) in [5.41, 5.74) is 2.95. The quantitative estimate of drug-likeness (QED) is 0.573. The smallest absolute Gasteiger partial charge is 0.235 e. The van der Waals surface area contributed by atoms with E-state index in [9.17, 15) is 0 Å². The highest BCUT2D eigenvalue weighted by atomic mass is 35.5. The van der Waals surface area contributed by atoms with Gasteiger partial charge in [-0.15, -0.1) is 10.2 Å². The summed E-state index contributed by atoms with van der Waals surface area (Å²) in [5.74, 6) is 0.773. The van der Waals surface area contributed by atoms with Gasteiger partial charge in [-0.2, -0.15) is 14.7 Å². The first-order chi connectivity index (χ1) is 11.1. The van der Waals surface area contributed by atoms with Crippen molar-refractivity contribution in [3.63, 3.8) is 0 Å². The minimum Gasteiger partial charge on any atom is -0.265 e. The molecule has 0 saturated carbocycles. The fourth-order valence-electron chi connectivity index (χ4n) is 2.49. The maximum Gasteiger partial charge on any atom is 0.235 e. The minimum absolute atomic E-state index is 0.592. The fourth-order valence-corrected chi connectivity index (χ4v) is 3.60. The number of fused-ring (bicyclic) bond motifs is 1. The van der Waals surface area contributed by atoms with Crippen molar-refractivity contribution < 1.29 is 0 Å². The van der Waals surface area contributed by atoms with Crippen LogP contribution in [0.3, 0.4) is 0 Å². The minimum atomic E-state index is 0.592. The Morgan fingerprint density at radius 1 is 1.17 bits per heavy atom. The predicted octanol–water partition coefficient (Wildman–Crippen LogP) is 3.14. The highest BCUT2D eigenvalue weighted by Crippen LogP contribution is 2.26. The Labute approximate surface area is 141 Å². The third-order valence-electron chi connectivity index (χ3n) is 3.58. The van der Waals surface area contributed by atoms with Crippen LogP contribution in [0.2, 0.25) is 5.02 Å². The maximum atomic E-state index is 6.23. The average Bonchev–Trinajstić information content (AvgIpc) is 3.17. The average molecular weight is 345 g/mol. The second-order valence-corrected chi connectivity index (χ2v) is 6.64. The standard InChI is InChI=1S/C15H13ClN6S/c1-9-7-12(21(2)19-9)14-20-22-13(17-18-15(22)23-14)8-10-5-3-4-6-11(10)16/h3-7H,8H2,1-2H3. The van der Waals surface area contributed by atoms with Crippen LogP contribution < -0.4 is 0 Å². The molecule has 0 fully saturated rings. The molecular formula is C15H13ClN6S. The molecule has 4 aromatic rings. The predicted molar refractivity (Wildman–Crippen MR) is 89.9 cm³/mol. The molecule has 1 aromatic carbocycles. The van der Waals surface area contributed by atoms with Gasteiger partial charge in [-0.1, -0.05) is 41.1 Å². The van der Waals surface area contributed by atoms with E-state index >= 15 is 0 Å². The molecule has 0 N–H and O–H groups in total. The van der Waals surface area contributed by atoms with Gasteiger partial charge < -0.3 is 0 Å². The zero-order valence-electron chi connectivity index (χ0n) is 12.6. The normalized spacial score (nSPS) is 11.4. The lowest BCUT2D eigenvalue weighted by Crippen LogP contribution is -1.99. The van der Waals surface area contributed by atoms with Crippen molar-refractivity contribution in [3.8, 4) is 10.7 Å². The van der Waals surface area contributed by atoms with E-state index in [0.29, 0.717) is 6.42 Å². The molecule has 0 amide bonds. The first-order valence-corrected chi connectivity index (χ1v) is 8.27. The Morgan fingerprint density at radius 3 is 2.74 bits per heavy atom. The number of nitrogens with zero attached hydrogens (tertiary/aromatic N) is 6. The van der Waals surface area contributed by atoms with Crippen molar-refractivity contribution in [1.82, 2.24) is 29.6 Å². The van der Waals surface area contributed by atoms with Crippen LogP contribution >= 0.6 is 22.9 Å². The first kappa shape index (κ1) is 14.3. The molecule has 0 aliphatic heterocycles. The maximum absolute atomic E-state index is 6.23. The lowest BCUT2D eigenvalue weighted by atomic mass is 10.1. The van der Waals surface area contributed by atoms with Gasteiger partial charge in [0.25, 0.3) is 0 Å². The van der Waals surface area contributed by atoms with E-state index in [1.54, 1.807) is 4.52 Å². The number of benzene rings is 1. The molecule has 0 spiro atoms. The molecule has 0 aliphatic rings. The summed E-state index contributed by atoms with van der Waals surface area (Å²) in [6.45, 7) is 1.96. The number of aryl methyl sites for hydroxylation is 2. The molecular weight excluding hydrogens is 332 g/mol. The van der Waals surface area contributed by atoms with Gasteiger partial charge in [0.2, 0.25) is 4.96 Å². The molecule has 0 unspecified atom stereocenters. The van der Waals surface area contributed by atoms with Gasteiger partial charge in [0, 0.05) is 18.5 Å². The van der Waals surface area contributed by atoms with Crippen LogP contribution in [-0.2, 0) is 13.5 Å². The van der Waals surface area contributed by atoms with Crippen LogP contribution in [0.25, 0.3) is 15.7 Å². The molecule has 6 nitrogen and oxygen atoms in total. The summed E-state index contributed by atoms with van der Waals surface area (Å²) in [6, 6.07) is 9.75. The molecule has 0 radical (unpaired) electrons. The highest BCUT2D eigenvalue weighted by molar-refractivity contribution is 7.19. The molecule has 3 heterocycles. The van der Waals surface area contributed by atoms with Gasteiger partial charge in [-0.25, -0.2) is 0 Å². The zero-order chi connectivity index (χ0) is 16.0. The molecule has 116 valence electrons. The number of aromatic nitrogens is 6. The molecule has 3 aromatic heterocycles. The van der Waals surface area contributed by atoms with Gasteiger partial charge in [-0.3, -0.25) is 4.68 Å². The summed E-state index contributed by atoms with van der Waals surface area (Å²) >= 11 is 7.73. The molecule has 8 heteroatoms. The van der Waals surface area contributed by atoms with Gasteiger partial charge in [0.15, 0.2) is 10.8 Å². The van der Waals surface area contributed by atoms with Crippen molar-refractivity contribution in [2.24, 2.45) is 7.05 Å². The van der Waals surface area contributed by atoms with Crippen LogP contribution in [0, 0.1) is 6.92 Å². The lowest BCUT2D eigenvalue weighted by Gasteiger charge is -2.01. The van der Waals surface area contributed by atoms with E-state index in [1.165, 1.54) is 11.3 Å². The van der Waals surface area contributed by atoms with Crippen LogP contribution in [0.15, 0.2) is 30.3 Å². The first-order valence-electron chi connectivity index (χ1n) is 7.07. The molecule has 0 bridgehead atoms. The van der Waals surface area contributed by atoms with Crippen LogP contribution in [0.1, 0.15) is 17.1 Å². The number of rotatable bonds is 3. The van der Waals surface area contributed by atoms with Crippen LogP contribution in [0.5, 0.6) is 0 Å². The topological polar surface area (TPSA) is 60.9 Å². The van der Waals surface area contributed by atoms with E-state index in [-0.39, 0.29) is 0 Å². The van der Waals surface area contributed by atoms with Crippen molar-refractivity contribution >= 4 is 27.9 Å². The Hall–Kier alpha value is -2.25. The van der Waals surface area contributed by atoms with Gasteiger partial charge in [0.05, 0.1) is 11.4 Å². The molecule has 23 heavy (non-hydrogen) atoms. The lowest BCUT2D eigenvalue weighted by molar-refractivity contribution is 0.759. The largest absolute Gasteiger partial charge is 0.265 e. The molecule has 0 saturated heterocycles. The number of halogens is 1. The second-order valence-electron chi connectivity index (χ2n) is 5.28. The van der Waals surface area contributed by atoms with Crippen LogP contribution in [-0.4, -0.2) is 29.6 Å². The summed E-state index contributed by atoms with van der Waals surface area (Å²) in [4.78, 5) is 0.765. The summed E-state index contributed by atoms with van der Waals surface area (Å²) < 4.78 is 3.61. The van der Waals surface area contributed by atoms with Gasteiger partial charge in [-0.05, 0) is 24.6 Å². The van der Waals surface area contributed by atoms with Crippen molar-refractivity contribution in [2.45, 2.75) is 13.3 Å². The van der Waals surface area contributed by atoms with E-state index in [1.807, 2.05) is 49.0 Å². The molecule has 4 rings (SSSR count). The van der Waals surface area contributed by atoms with E-state index < -0.39 is 0 Å². The molecule has 0 atom stereocenters. The van der Waals surface area contributed by atoms with Crippen LogP contribution in [0.4, 0.5) is 0 Å². The summed E-state index contributed by atoms with van der Waals surface area (Å²) in [7, 11) is 1.91. The van der Waals surface area contributed by atoms with E-state index in [0.717, 1.165) is 37.8 Å². The number of hydrogen-bond acceptors (Lipinski definition) is 5. The molecule has 0 aliphatic carbocycles. The number of hydrogen-bond donors (Lipinski definition) is 0. The second kappa shape index (κ2) is 5.43. The summed E-state index contributed by atoms with van der Waals surface area (Å²) in [5, 5.41) is 19.1. The Morgan fingerprint density at radius 2 is 2.00 bits per heavy atom. The Balaban J connectivity index is 1.75. The van der Waals surface area contributed by atoms with Crippen molar-refractivity contribution in [2.75, 3.05) is 0 Å². The van der Waals surface area contributed by atoms with Crippen molar-refractivity contribution in [1.29, 1.82) is 0 Å². The summed E-state index contributed by atoms with van der Waals surface area (Å²) in [6.07, 6.45) is 0.592. The Bertz CT molecular complexity index is 999. The third-order valence-corrected chi connectivity index (χ3v) is 4.87. The Kier molecular flexibility index (Phi) is 3.39. The van der Waals surface area contributed by atoms with Gasteiger partial charge in [0.1, 0.15) is 0 Å². The van der Waals surface area contributed by atoms with Crippen molar-refractivity contribution in [3.05, 3.63) is 52.4 Å². The van der Waals surface area contributed by atoms with E-state index in [4.69, 9.17) is 11.6 Å². The monoisotopic (exact) mass is 344 g/mol. The fraction of sp³-hybridized carbons (Fsp3) is 0.200. The van der Waals surface area contributed by atoms with Gasteiger partial charge >= 0.3 is 0 Å². The SMILES string of the molecule is Cc1cc(-c2nn3c(Cc4ccccc4Cl)nnc3s2)n(C)n1. The zero-order valence-corrected chi connectivity index (χ0v) is 14.1.